The monoisotopic (exact) mass is 414 g/mol. The van der Waals surface area contributed by atoms with Gasteiger partial charge < -0.3 is 14.4 Å². The molecular weight excluding hydrogens is 388 g/mol. The molecule has 0 unspecified atom stereocenters. The highest BCUT2D eigenvalue weighted by molar-refractivity contribution is 6.30. The van der Waals surface area contributed by atoms with E-state index in [0.29, 0.717) is 36.8 Å². The van der Waals surface area contributed by atoms with Crippen LogP contribution in [-0.4, -0.2) is 56.6 Å². The molecule has 1 saturated heterocycles. The Kier molecular flexibility index (Phi) is 5.70. The Morgan fingerprint density at radius 1 is 0.966 bits per heavy atom. The van der Waals surface area contributed by atoms with Crippen LogP contribution in [-0.2, 0) is 0 Å². The molecule has 6 heteroatoms. The lowest BCUT2D eigenvalue weighted by Crippen LogP contribution is -2.48. The minimum Gasteiger partial charge on any atom is -0.489 e. The van der Waals surface area contributed by atoms with Gasteiger partial charge in [-0.1, -0.05) is 25.4 Å². The third kappa shape index (κ3) is 4.85. The zero-order valence-corrected chi connectivity index (χ0v) is 17.7. The van der Waals surface area contributed by atoms with Crippen molar-refractivity contribution in [2.45, 2.75) is 13.8 Å². The molecule has 2 aliphatic rings. The first kappa shape index (κ1) is 20.0. The molecule has 0 atom stereocenters. The summed E-state index contributed by atoms with van der Waals surface area (Å²) in [6.07, 6.45) is 0. The van der Waals surface area contributed by atoms with Crippen LogP contribution < -0.4 is 14.4 Å². The van der Waals surface area contributed by atoms with Gasteiger partial charge in [0.05, 0.1) is 19.8 Å². The number of carbonyl (C=O) groups excluding carboxylic acids is 1. The Bertz CT molecular complexity index is 874. The molecule has 1 fully saturated rings. The largest absolute Gasteiger partial charge is 0.489 e. The quantitative estimate of drug-likeness (QED) is 0.703. The van der Waals surface area contributed by atoms with Gasteiger partial charge in [-0.25, -0.2) is 0 Å². The number of Topliss-reactive ketones (excluding diaryl/α,β-unsaturated/α-hetero) is 1. The maximum atomic E-state index is 12.8. The Morgan fingerprint density at radius 3 is 2.31 bits per heavy atom. The average molecular weight is 415 g/mol. The van der Waals surface area contributed by atoms with Crippen molar-refractivity contribution in [3.8, 4) is 11.5 Å². The van der Waals surface area contributed by atoms with E-state index in [-0.39, 0.29) is 11.2 Å². The van der Waals surface area contributed by atoms with Crippen molar-refractivity contribution >= 4 is 23.1 Å². The number of ether oxygens (including phenoxy) is 2. The summed E-state index contributed by atoms with van der Waals surface area (Å²) in [6.45, 7) is 9.30. The number of hydrogen-bond acceptors (Lipinski definition) is 5. The molecule has 0 amide bonds. The molecule has 0 aromatic heterocycles. The van der Waals surface area contributed by atoms with E-state index in [4.69, 9.17) is 21.1 Å². The van der Waals surface area contributed by atoms with Gasteiger partial charge in [0, 0.05) is 47.9 Å². The fourth-order valence-corrected chi connectivity index (χ4v) is 3.74. The van der Waals surface area contributed by atoms with Gasteiger partial charge in [0.2, 0.25) is 0 Å². The normalized spacial score (nSPS) is 18.9. The molecule has 0 N–H and O–H groups in total. The van der Waals surface area contributed by atoms with Gasteiger partial charge in [-0.3, -0.25) is 9.69 Å². The van der Waals surface area contributed by atoms with Crippen LogP contribution in [0.1, 0.15) is 24.2 Å². The maximum absolute atomic E-state index is 12.8. The van der Waals surface area contributed by atoms with Crippen molar-refractivity contribution in [3.05, 3.63) is 53.1 Å². The van der Waals surface area contributed by atoms with Crippen molar-refractivity contribution in [1.82, 2.24) is 4.90 Å². The number of rotatable bonds is 4. The lowest BCUT2D eigenvalue weighted by Gasteiger charge is -2.35. The van der Waals surface area contributed by atoms with Gasteiger partial charge in [0.25, 0.3) is 0 Å². The van der Waals surface area contributed by atoms with Crippen molar-refractivity contribution in [3.63, 3.8) is 0 Å². The second-order valence-electron chi connectivity index (χ2n) is 8.57. The highest BCUT2D eigenvalue weighted by atomic mass is 35.5. The lowest BCUT2D eigenvalue weighted by atomic mass is 9.97. The summed E-state index contributed by atoms with van der Waals surface area (Å²) in [4.78, 5) is 17.4. The summed E-state index contributed by atoms with van der Waals surface area (Å²) in [6, 6.07) is 13.4. The fourth-order valence-electron chi connectivity index (χ4n) is 3.61. The van der Waals surface area contributed by atoms with Crippen LogP contribution in [0.4, 0.5) is 5.69 Å². The second kappa shape index (κ2) is 8.25. The lowest BCUT2D eigenvalue weighted by molar-refractivity contribution is 0.0926. The van der Waals surface area contributed by atoms with Crippen molar-refractivity contribution in [2.24, 2.45) is 5.41 Å². The first-order valence-corrected chi connectivity index (χ1v) is 10.4. The standard InChI is InChI=1S/C23H27ClN2O3/c1-23(2)15-28-21-8-3-17(13-22(21)29-16-23)20(27)14-25-9-11-26(12-10-25)19-6-4-18(24)5-7-19/h3-8,13H,9-12,14-16H2,1-2H3. The maximum Gasteiger partial charge on any atom is 0.176 e. The molecule has 5 nitrogen and oxygen atoms in total. The summed E-state index contributed by atoms with van der Waals surface area (Å²) in [5.41, 5.74) is 1.80. The van der Waals surface area contributed by atoms with E-state index in [1.54, 1.807) is 0 Å². The van der Waals surface area contributed by atoms with Crippen LogP contribution in [0.3, 0.4) is 0 Å². The van der Waals surface area contributed by atoms with Crippen molar-refractivity contribution in [1.29, 1.82) is 0 Å². The highest BCUT2D eigenvalue weighted by Crippen LogP contribution is 2.34. The van der Waals surface area contributed by atoms with Crippen LogP contribution in [0, 0.1) is 5.41 Å². The summed E-state index contributed by atoms with van der Waals surface area (Å²) in [5.74, 6) is 1.48. The minimum atomic E-state index is -0.0487. The summed E-state index contributed by atoms with van der Waals surface area (Å²) in [5, 5.41) is 0.747. The number of fused-ring (bicyclic) bond motifs is 1. The number of ketones is 1. The summed E-state index contributed by atoms with van der Waals surface area (Å²) < 4.78 is 11.8. The van der Waals surface area contributed by atoms with E-state index >= 15 is 0 Å². The number of anilines is 1. The summed E-state index contributed by atoms with van der Waals surface area (Å²) >= 11 is 5.98. The minimum absolute atomic E-state index is 0.0487. The average Bonchev–Trinajstić information content (AvgIpc) is 2.87. The number of halogens is 1. The van der Waals surface area contributed by atoms with Gasteiger partial charge in [0.15, 0.2) is 17.3 Å². The van der Waals surface area contributed by atoms with Crippen LogP contribution in [0.2, 0.25) is 5.02 Å². The molecule has 0 spiro atoms. The molecular formula is C23H27ClN2O3. The molecule has 0 aliphatic carbocycles. The van der Waals surface area contributed by atoms with E-state index in [0.717, 1.165) is 31.2 Å². The van der Waals surface area contributed by atoms with E-state index in [2.05, 4.69) is 23.6 Å². The third-order valence-electron chi connectivity index (χ3n) is 5.43. The van der Waals surface area contributed by atoms with Crippen LogP contribution in [0.25, 0.3) is 0 Å². The molecule has 2 aromatic rings. The molecule has 0 bridgehead atoms. The smallest absolute Gasteiger partial charge is 0.176 e. The molecule has 154 valence electrons. The predicted molar refractivity (Wildman–Crippen MR) is 116 cm³/mol. The van der Waals surface area contributed by atoms with Crippen molar-refractivity contribution < 1.29 is 14.3 Å². The van der Waals surface area contributed by atoms with E-state index in [1.165, 1.54) is 5.69 Å². The van der Waals surface area contributed by atoms with Gasteiger partial charge in [-0.05, 0) is 42.5 Å². The SMILES string of the molecule is CC1(C)COc2ccc(C(=O)CN3CCN(c4ccc(Cl)cc4)CC3)cc2OC1. The highest BCUT2D eigenvalue weighted by Gasteiger charge is 2.26. The number of piperazine rings is 1. The number of nitrogens with zero attached hydrogens (tertiary/aromatic N) is 2. The molecule has 4 rings (SSSR count). The molecule has 0 saturated carbocycles. The number of carbonyl (C=O) groups is 1. The fraction of sp³-hybridized carbons (Fsp3) is 0.435. The van der Waals surface area contributed by atoms with Gasteiger partial charge in [-0.15, -0.1) is 0 Å². The number of hydrogen-bond donors (Lipinski definition) is 0. The van der Waals surface area contributed by atoms with Gasteiger partial charge >= 0.3 is 0 Å². The number of benzene rings is 2. The topological polar surface area (TPSA) is 42.0 Å². The zero-order chi connectivity index (χ0) is 20.4. The van der Waals surface area contributed by atoms with Crippen LogP contribution >= 0.6 is 11.6 Å². The second-order valence-corrected chi connectivity index (χ2v) is 9.00. The van der Waals surface area contributed by atoms with Crippen molar-refractivity contribution in [2.75, 3.05) is 50.8 Å². The van der Waals surface area contributed by atoms with E-state index in [1.807, 2.05) is 42.5 Å². The molecule has 2 heterocycles. The Labute approximate surface area is 177 Å². The van der Waals surface area contributed by atoms with Crippen LogP contribution in [0.5, 0.6) is 11.5 Å². The van der Waals surface area contributed by atoms with E-state index in [9.17, 15) is 4.79 Å². The molecule has 2 aromatic carbocycles. The first-order valence-electron chi connectivity index (χ1n) is 10.1. The Balaban J connectivity index is 1.35. The molecule has 29 heavy (non-hydrogen) atoms. The summed E-state index contributed by atoms with van der Waals surface area (Å²) in [7, 11) is 0. The van der Waals surface area contributed by atoms with Crippen LogP contribution in [0.15, 0.2) is 42.5 Å². The van der Waals surface area contributed by atoms with E-state index < -0.39 is 0 Å². The third-order valence-corrected chi connectivity index (χ3v) is 5.69. The Hall–Kier alpha value is -2.24. The predicted octanol–water partition coefficient (Wildman–Crippen LogP) is 4.14. The van der Waals surface area contributed by atoms with Gasteiger partial charge in [-0.2, -0.15) is 0 Å². The molecule has 2 aliphatic heterocycles. The first-order chi connectivity index (χ1) is 13.9. The zero-order valence-electron chi connectivity index (χ0n) is 17.0. The Morgan fingerprint density at radius 2 is 1.62 bits per heavy atom. The molecule has 0 radical (unpaired) electrons. The van der Waals surface area contributed by atoms with Gasteiger partial charge in [0.1, 0.15) is 0 Å².